The van der Waals surface area contributed by atoms with Crippen molar-refractivity contribution in [3.8, 4) is 28.4 Å². The van der Waals surface area contributed by atoms with Gasteiger partial charge in [-0.05, 0) is 36.4 Å². The molecule has 1 aromatic heterocycles. The predicted molar refractivity (Wildman–Crippen MR) is 128 cm³/mol. The number of carbonyl (C=O) groups excluding carboxylic acids is 1. The van der Waals surface area contributed by atoms with E-state index in [1.807, 2.05) is 6.07 Å². The van der Waals surface area contributed by atoms with E-state index in [2.05, 4.69) is 15.3 Å². The molecule has 1 amide bonds. The average Bonchev–Trinajstić information content (AvgIpc) is 3.27. The molecule has 2 N–H and O–H groups in total. The number of halogens is 1. The molecule has 0 saturated carbocycles. The third-order valence-corrected chi connectivity index (χ3v) is 6.62. The summed E-state index contributed by atoms with van der Waals surface area (Å²) in [5.74, 6) is -0.460. The molecule has 33 heavy (non-hydrogen) atoms. The number of nitrogens with one attached hydrogen (secondary N) is 2. The van der Waals surface area contributed by atoms with Crippen LogP contribution in [0.3, 0.4) is 0 Å². The number of aromatic amines is 1. The largest absolute Gasteiger partial charge is 0.497 e. The van der Waals surface area contributed by atoms with E-state index in [4.69, 9.17) is 16.3 Å². The normalized spacial score (nSPS) is 11.2. The van der Waals surface area contributed by atoms with Gasteiger partial charge in [0.2, 0.25) is 15.7 Å². The second-order valence-corrected chi connectivity index (χ2v) is 9.54. The van der Waals surface area contributed by atoms with Gasteiger partial charge in [0.15, 0.2) is 5.03 Å². The third-order valence-electron chi connectivity index (χ3n) is 4.82. The number of methoxy groups -OCH3 is 1. The van der Waals surface area contributed by atoms with Gasteiger partial charge in [0.05, 0.1) is 7.11 Å². The van der Waals surface area contributed by atoms with Gasteiger partial charge in [-0.1, -0.05) is 54.1 Å². The minimum Gasteiger partial charge on any atom is -0.497 e. The molecule has 0 unspecified atom stereocenters. The van der Waals surface area contributed by atoms with Crippen molar-refractivity contribution in [2.45, 2.75) is 5.03 Å². The van der Waals surface area contributed by atoms with Gasteiger partial charge in [-0.15, -0.1) is 0 Å². The number of rotatable bonds is 7. The molecular formula is C24H20ClN3O4S. The van der Waals surface area contributed by atoms with Gasteiger partial charge in [0, 0.05) is 21.8 Å². The molecule has 0 fully saturated rings. The van der Waals surface area contributed by atoms with Gasteiger partial charge in [0.25, 0.3) is 0 Å². The van der Waals surface area contributed by atoms with E-state index in [0.717, 1.165) is 0 Å². The highest BCUT2D eigenvalue weighted by Crippen LogP contribution is 2.30. The number of ether oxygens (including phenoxy) is 1. The van der Waals surface area contributed by atoms with Crippen molar-refractivity contribution in [1.29, 1.82) is 0 Å². The number of H-pyrrole nitrogens is 1. The van der Waals surface area contributed by atoms with Crippen LogP contribution in [-0.2, 0) is 14.6 Å². The van der Waals surface area contributed by atoms with Gasteiger partial charge in [-0.25, -0.2) is 13.4 Å². The molecule has 0 bridgehead atoms. The first-order valence-corrected chi connectivity index (χ1v) is 12.0. The van der Waals surface area contributed by atoms with Crippen LogP contribution in [-0.4, -0.2) is 37.2 Å². The minimum absolute atomic E-state index is 0.131. The summed E-state index contributed by atoms with van der Waals surface area (Å²) < 4.78 is 31.6. The van der Waals surface area contributed by atoms with Crippen LogP contribution in [0, 0.1) is 0 Å². The number of aromatic nitrogens is 2. The fraction of sp³-hybridized carbons (Fsp3) is 0.0833. The van der Waals surface area contributed by atoms with E-state index in [1.54, 1.807) is 72.8 Å². The lowest BCUT2D eigenvalue weighted by Crippen LogP contribution is -2.23. The average molecular weight is 482 g/mol. The summed E-state index contributed by atoms with van der Waals surface area (Å²) in [4.78, 5) is 20.0. The molecule has 0 radical (unpaired) electrons. The summed E-state index contributed by atoms with van der Waals surface area (Å²) in [6, 6.07) is 22.4. The van der Waals surface area contributed by atoms with Crippen LogP contribution in [0.25, 0.3) is 22.6 Å². The van der Waals surface area contributed by atoms with Crippen LogP contribution < -0.4 is 10.1 Å². The van der Waals surface area contributed by atoms with Gasteiger partial charge in [0.1, 0.15) is 23.0 Å². The number of carbonyl (C=O) groups is 1. The zero-order valence-electron chi connectivity index (χ0n) is 17.6. The van der Waals surface area contributed by atoms with Crippen molar-refractivity contribution < 1.29 is 17.9 Å². The summed E-state index contributed by atoms with van der Waals surface area (Å²) in [5, 5.41) is 2.96. The van der Waals surface area contributed by atoms with E-state index in [-0.39, 0.29) is 10.7 Å². The Hall–Kier alpha value is -3.62. The molecule has 0 saturated heterocycles. The lowest BCUT2D eigenvalue weighted by Gasteiger charge is -2.08. The number of hydrogen-bond acceptors (Lipinski definition) is 5. The Morgan fingerprint density at radius 2 is 1.70 bits per heavy atom. The fourth-order valence-corrected chi connectivity index (χ4v) is 4.72. The predicted octanol–water partition coefficient (Wildman–Crippen LogP) is 4.82. The molecular weight excluding hydrogens is 462 g/mol. The molecule has 0 aliphatic carbocycles. The Labute approximate surface area is 196 Å². The van der Waals surface area contributed by atoms with Crippen LogP contribution in [0.5, 0.6) is 5.75 Å². The van der Waals surface area contributed by atoms with Crippen molar-refractivity contribution in [2.24, 2.45) is 0 Å². The highest BCUT2D eigenvalue weighted by molar-refractivity contribution is 7.92. The van der Waals surface area contributed by atoms with Crippen LogP contribution in [0.4, 0.5) is 5.69 Å². The first kappa shape index (κ1) is 22.6. The minimum atomic E-state index is -4.06. The molecule has 3 aromatic carbocycles. The van der Waals surface area contributed by atoms with Gasteiger partial charge >= 0.3 is 0 Å². The zero-order chi connectivity index (χ0) is 23.4. The van der Waals surface area contributed by atoms with E-state index < -0.39 is 21.5 Å². The summed E-state index contributed by atoms with van der Waals surface area (Å²) in [6.07, 6.45) is 0. The maximum absolute atomic E-state index is 13.3. The monoisotopic (exact) mass is 481 g/mol. The quantitative estimate of drug-likeness (QED) is 0.394. The second kappa shape index (κ2) is 9.48. The third kappa shape index (κ3) is 5.24. The number of anilines is 1. The Morgan fingerprint density at radius 3 is 2.36 bits per heavy atom. The number of amides is 1. The van der Waals surface area contributed by atoms with E-state index in [9.17, 15) is 13.2 Å². The molecule has 0 spiro atoms. The van der Waals surface area contributed by atoms with Crippen LogP contribution >= 0.6 is 11.6 Å². The standard InChI is InChI=1S/C24H20ClN3O4S/c1-32-20-12-10-19(11-13-20)26-21(29)15-33(30,31)24-22(16-6-3-2-4-7-16)27-23(28-24)17-8-5-9-18(25)14-17/h2-14H,15H2,1H3,(H,26,29)(H,27,28). The first-order valence-electron chi connectivity index (χ1n) is 9.94. The number of hydrogen-bond donors (Lipinski definition) is 2. The molecule has 9 heteroatoms. The number of benzene rings is 3. The molecule has 168 valence electrons. The molecule has 1 heterocycles. The van der Waals surface area contributed by atoms with Crippen molar-refractivity contribution >= 4 is 33.0 Å². The SMILES string of the molecule is COc1ccc(NC(=O)CS(=O)(=O)c2[nH]c(-c3cccc(Cl)c3)nc2-c2ccccc2)cc1. The highest BCUT2D eigenvalue weighted by atomic mass is 35.5. The van der Waals surface area contributed by atoms with E-state index in [1.165, 1.54) is 7.11 Å². The van der Waals surface area contributed by atoms with Crippen LogP contribution in [0.15, 0.2) is 83.9 Å². The molecule has 4 rings (SSSR count). The van der Waals surface area contributed by atoms with E-state index in [0.29, 0.717) is 33.4 Å². The lowest BCUT2D eigenvalue weighted by atomic mass is 10.2. The molecule has 0 aliphatic rings. The summed E-state index contributed by atoms with van der Waals surface area (Å²) >= 11 is 6.09. The maximum atomic E-state index is 13.3. The fourth-order valence-electron chi connectivity index (χ4n) is 3.26. The lowest BCUT2D eigenvalue weighted by molar-refractivity contribution is -0.113. The van der Waals surface area contributed by atoms with Crippen molar-refractivity contribution in [1.82, 2.24) is 9.97 Å². The summed E-state index contributed by atoms with van der Waals surface area (Å²) in [7, 11) is -2.52. The molecule has 4 aromatic rings. The summed E-state index contributed by atoms with van der Waals surface area (Å²) in [5.41, 5.74) is 1.94. The first-order chi connectivity index (χ1) is 15.9. The topological polar surface area (TPSA) is 101 Å². The molecule has 7 nitrogen and oxygen atoms in total. The Morgan fingerprint density at radius 1 is 1.00 bits per heavy atom. The zero-order valence-corrected chi connectivity index (χ0v) is 19.2. The Kier molecular flexibility index (Phi) is 6.48. The molecule has 0 aliphatic heterocycles. The van der Waals surface area contributed by atoms with Gasteiger partial charge < -0.3 is 15.0 Å². The summed E-state index contributed by atoms with van der Waals surface area (Å²) in [6.45, 7) is 0. The Bertz CT molecular complexity index is 1380. The van der Waals surface area contributed by atoms with Gasteiger partial charge in [-0.2, -0.15) is 0 Å². The number of sulfone groups is 1. The smallest absolute Gasteiger partial charge is 0.240 e. The van der Waals surface area contributed by atoms with Crippen LogP contribution in [0.2, 0.25) is 5.02 Å². The maximum Gasteiger partial charge on any atom is 0.240 e. The van der Waals surface area contributed by atoms with Crippen molar-refractivity contribution in [3.05, 3.63) is 83.9 Å². The number of imidazole rings is 1. The van der Waals surface area contributed by atoms with Crippen LogP contribution in [0.1, 0.15) is 0 Å². The van der Waals surface area contributed by atoms with Gasteiger partial charge in [-0.3, -0.25) is 4.79 Å². The second-order valence-electron chi connectivity index (χ2n) is 7.18. The Balaban J connectivity index is 1.67. The highest BCUT2D eigenvalue weighted by Gasteiger charge is 2.27. The number of nitrogens with zero attached hydrogens (tertiary/aromatic N) is 1. The van der Waals surface area contributed by atoms with Crippen molar-refractivity contribution in [3.63, 3.8) is 0 Å². The molecule has 0 atom stereocenters. The van der Waals surface area contributed by atoms with E-state index >= 15 is 0 Å². The van der Waals surface area contributed by atoms with Crippen molar-refractivity contribution in [2.75, 3.05) is 18.2 Å².